The third kappa shape index (κ3) is 5.84. The molecule has 11 heteroatoms. The van der Waals surface area contributed by atoms with E-state index in [1.165, 1.54) is 34.6 Å². The summed E-state index contributed by atoms with van der Waals surface area (Å²) in [5, 5.41) is 33.5. The predicted molar refractivity (Wildman–Crippen MR) is 96.2 cm³/mol. The Kier molecular flexibility index (Phi) is 6.26. The van der Waals surface area contributed by atoms with Gasteiger partial charge in [0.2, 0.25) is 5.16 Å². The summed E-state index contributed by atoms with van der Waals surface area (Å²) in [6.45, 7) is 5.04. The number of carbonyl (C=O) groups excluding carboxylic acids is 1. The van der Waals surface area contributed by atoms with Crippen molar-refractivity contribution in [1.82, 2.24) is 25.5 Å². The molecule has 0 fully saturated rings. The lowest BCUT2D eigenvalue weighted by Crippen LogP contribution is -2.38. The highest BCUT2D eigenvalue weighted by molar-refractivity contribution is 7.98. The molecule has 1 atom stereocenters. The zero-order valence-corrected chi connectivity index (χ0v) is 16.1. The molecule has 0 saturated carbocycles. The lowest BCUT2D eigenvalue weighted by atomic mass is 10.0. The molecule has 27 heavy (non-hydrogen) atoms. The zero-order chi connectivity index (χ0) is 20.2. The Morgan fingerprint density at radius 2 is 2.07 bits per heavy atom. The molecule has 10 nitrogen and oxygen atoms in total. The number of carbonyl (C=O) groups is 2. The van der Waals surface area contributed by atoms with Crippen molar-refractivity contribution in [3.8, 4) is 5.75 Å². The van der Waals surface area contributed by atoms with Crippen LogP contribution < -0.4 is 5.32 Å². The smallest absolute Gasteiger partial charge is 0.408 e. The summed E-state index contributed by atoms with van der Waals surface area (Å²) in [4.78, 5) is 23.6. The van der Waals surface area contributed by atoms with Crippen LogP contribution in [0.1, 0.15) is 37.9 Å². The highest BCUT2D eigenvalue weighted by Crippen LogP contribution is 2.28. The second-order valence-corrected chi connectivity index (χ2v) is 7.62. The van der Waals surface area contributed by atoms with E-state index in [4.69, 9.17) is 4.74 Å². The molecule has 0 spiro atoms. The van der Waals surface area contributed by atoms with Gasteiger partial charge in [-0.3, -0.25) is 0 Å². The fourth-order valence-corrected chi connectivity index (χ4v) is 2.93. The van der Waals surface area contributed by atoms with Crippen LogP contribution in [0, 0.1) is 0 Å². The van der Waals surface area contributed by atoms with Gasteiger partial charge in [-0.1, -0.05) is 17.8 Å². The van der Waals surface area contributed by atoms with E-state index in [0.717, 1.165) is 0 Å². The molecule has 0 aliphatic heterocycles. The molecule has 1 aromatic carbocycles. The van der Waals surface area contributed by atoms with E-state index in [1.807, 2.05) is 0 Å². The molecule has 0 aliphatic carbocycles. The van der Waals surface area contributed by atoms with Gasteiger partial charge >= 0.3 is 12.1 Å². The fraction of sp³-hybridized carbons (Fsp3) is 0.438. The Morgan fingerprint density at radius 3 is 2.63 bits per heavy atom. The number of aromatic hydroxyl groups is 1. The molecule has 1 aromatic heterocycles. The number of tetrazole rings is 1. The monoisotopic (exact) mass is 395 g/mol. The number of rotatable bonds is 6. The van der Waals surface area contributed by atoms with E-state index in [2.05, 4.69) is 20.8 Å². The summed E-state index contributed by atoms with van der Waals surface area (Å²) in [6.07, 6.45) is -0.843. The minimum absolute atomic E-state index is 0.00258. The number of carboxylic acids is 1. The van der Waals surface area contributed by atoms with Crippen LogP contribution in [0.4, 0.5) is 4.79 Å². The molecule has 1 heterocycles. The number of nitrogens with one attached hydrogen (secondary N) is 1. The molecule has 1 amide bonds. The van der Waals surface area contributed by atoms with Crippen molar-refractivity contribution in [1.29, 1.82) is 0 Å². The molecule has 0 radical (unpaired) electrons. The topological polar surface area (TPSA) is 139 Å². The van der Waals surface area contributed by atoms with Gasteiger partial charge in [0.25, 0.3) is 0 Å². The first-order valence-corrected chi connectivity index (χ1v) is 8.94. The largest absolute Gasteiger partial charge is 0.508 e. The average molecular weight is 395 g/mol. The highest BCUT2D eigenvalue weighted by atomic mass is 32.2. The SMILES string of the molecule is Cn1nnnc1SCc1cc(C(NC(=O)OC(C)(C)C)C(=O)O)ccc1O. The van der Waals surface area contributed by atoms with Crippen LogP contribution in [0.3, 0.4) is 0 Å². The Bertz CT molecular complexity index is 833. The Morgan fingerprint density at radius 1 is 1.37 bits per heavy atom. The number of aromatic nitrogens is 4. The molecule has 0 aliphatic rings. The van der Waals surface area contributed by atoms with Crippen molar-refractivity contribution in [3.63, 3.8) is 0 Å². The van der Waals surface area contributed by atoms with Gasteiger partial charge in [-0.05, 0) is 48.9 Å². The van der Waals surface area contributed by atoms with Gasteiger partial charge in [-0.2, -0.15) is 0 Å². The van der Waals surface area contributed by atoms with Gasteiger partial charge in [-0.15, -0.1) is 5.10 Å². The van der Waals surface area contributed by atoms with Crippen LogP contribution in [0.2, 0.25) is 0 Å². The van der Waals surface area contributed by atoms with Gasteiger partial charge in [0.05, 0.1) is 0 Å². The number of hydrogen-bond donors (Lipinski definition) is 3. The quantitative estimate of drug-likeness (QED) is 0.625. The number of thioether (sulfide) groups is 1. The van der Waals surface area contributed by atoms with Gasteiger partial charge in [-0.25, -0.2) is 14.3 Å². The molecule has 3 N–H and O–H groups in total. The number of phenols is 1. The van der Waals surface area contributed by atoms with Crippen molar-refractivity contribution in [2.24, 2.45) is 7.05 Å². The van der Waals surface area contributed by atoms with Gasteiger partial charge < -0.3 is 20.3 Å². The summed E-state index contributed by atoms with van der Waals surface area (Å²) in [6, 6.07) is 3.01. The maximum atomic E-state index is 11.9. The van der Waals surface area contributed by atoms with Crippen molar-refractivity contribution in [2.75, 3.05) is 0 Å². The molecule has 1 unspecified atom stereocenters. The van der Waals surface area contributed by atoms with Gasteiger partial charge in [0.15, 0.2) is 6.04 Å². The van der Waals surface area contributed by atoms with Crippen molar-refractivity contribution in [2.45, 2.75) is 43.3 Å². The molecule has 0 saturated heterocycles. The van der Waals surface area contributed by atoms with Crippen LogP contribution in [0.25, 0.3) is 0 Å². The number of benzene rings is 1. The summed E-state index contributed by atoms with van der Waals surface area (Å²) in [5.74, 6) is -0.933. The number of aliphatic carboxylic acids is 1. The standard InChI is InChI=1S/C16H21N5O5S/c1-16(2,3)26-15(25)17-12(13(23)24)9-5-6-11(22)10(7-9)8-27-14-18-19-20-21(14)4/h5-7,12,22H,8H2,1-4H3,(H,17,25)(H,23,24). The number of ether oxygens (including phenoxy) is 1. The van der Waals surface area contributed by atoms with E-state index < -0.39 is 23.7 Å². The summed E-state index contributed by atoms with van der Waals surface area (Å²) in [7, 11) is 1.68. The minimum Gasteiger partial charge on any atom is -0.508 e. The van der Waals surface area contributed by atoms with Crippen LogP contribution in [0.5, 0.6) is 5.75 Å². The number of nitrogens with zero attached hydrogens (tertiary/aromatic N) is 4. The second kappa shape index (κ2) is 8.25. The first kappa shape index (κ1) is 20.5. The maximum absolute atomic E-state index is 11.9. The molecule has 0 bridgehead atoms. The van der Waals surface area contributed by atoms with E-state index in [1.54, 1.807) is 27.8 Å². The number of hydrogen-bond acceptors (Lipinski definition) is 8. The Labute approximate surface area is 159 Å². The van der Waals surface area contributed by atoms with Crippen LogP contribution in [-0.2, 0) is 22.3 Å². The van der Waals surface area contributed by atoms with Gasteiger partial charge in [0.1, 0.15) is 11.4 Å². The summed E-state index contributed by atoms with van der Waals surface area (Å²) >= 11 is 1.28. The summed E-state index contributed by atoms with van der Waals surface area (Å²) in [5.41, 5.74) is 0.0317. The van der Waals surface area contributed by atoms with Crippen LogP contribution in [-0.4, -0.2) is 48.1 Å². The second-order valence-electron chi connectivity index (χ2n) is 6.68. The molecule has 146 valence electrons. The molecule has 2 rings (SSSR count). The van der Waals surface area contributed by atoms with Crippen molar-refractivity contribution < 1.29 is 24.5 Å². The third-order valence-electron chi connectivity index (χ3n) is 3.28. The normalized spacial score (nSPS) is 12.4. The first-order valence-electron chi connectivity index (χ1n) is 7.96. The Balaban J connectivity index is 2.18. The number of carboxylic acid groups (broad SMARTS) is 1. The van der Waals surface area contributed by atoms with E-state index in [0.29, 0.717) is 22.0 Å². The molecular formula is C16H21N5O5S. The Hall–Kier alpha value is -2.82. The summed E-state index contributed by atoms with van der Waals surface area (Å²) < 4.78 is 6.59. The van der Waals surface area contributed by atoms with E-state index in [9.17, 15) is 19.8 Å². The predicted octanol–water partition coefficient (Wildman–Crippen LogP) is 1.86. The fourth-order valence-electron chi connectivity index (χ4n) is 2.10. The van der Waals surface area contributed by atoms with Crippen molar-refractivity contribution >= 4 is 23.8 Å². The zero-order valence-electron chi connectivity index (χ0n) is 15.3. The molecule has 2 aromatic rings. The van der Waals surface area contributed by atoms with E-state index in [-0.39, 0.29) is 5.75 Å². The molecular weight excluding hydrogens is 374 g/mol. The maximum Gasteiger partial charge on any atom is 0.408 e. The van der Waals surface area contributed by atoms with Crippen molar-refractivity contribution in [3.05, 3.63) is 29.3 Å². The average Bonchev–Trinajstić information content (AvgIpc) is 2.95. The lowest BCUT2D eigenvalue weighted by Gasteiger charge is -2.22. The van der Waals surface area contributed by atoms with Gasteiger partial charge in [0, 0.05) is 18.4 Å². The number of amides is 1. The minimum atomic E-state index is -1.32. The number of phenolic OH excluding ortho intramolecular Hbond substituents is 1. The van der Waals surface area contributed by atoms with Crippen LogP contribution in [0.15, 0.2) is 23.4 Å². The number of alkyl carbamates (subject to hydrolysis) is 1. The lowest BCUT2D eigenvalue weighted by molar-refractivity contribution is -0.139. The van der Waals surface area contributed by atoms with Crippen LogP contribution >= 0.6 is 11.8 Å². The number of aryl methyl sites for hydroxylation is 1. The third-order valence-corrected chi connectivity index (χ3v) is 4.34. The highest BCUT2D eigenvalue weighted by Gasteiger charge is 2.26. The first-order chi connectivity index (χ1) is 12.6. The van der Waals surface area contributed by atoms with E-state index >= 15 is 0 Å².